The number of amides is 2. The fraction of sp³-hybridized carbons (Fsp3) is 0.263. The Labute approximate surface area is 166 Å². The predicted molar refractivity (Wildman–Crippen MR) is 108 cm³/mol. The first-order valence-corrected chi connectivity index (χ1v) is 9.15. The van der Waals surface area contributed by atoms with Crippen molar-refractivity contribution < 1.29 is 14.3 Å². The number of halogens is 1. The van der Waals surface area contributed by atoms with Crippen molar-refractivity contribution in [2.45, 2.75) is 33.3 Å². The van der Waals surface area contributed by atoms with E-state index in [0.29, 0.717) is 39.9 Å². The molecule has 146 valence electrons. The zero-order valence-electron chi connectivity index (χ0n) is 15.7. The quantitative estimate of drug-likeness (QED) is 0.662. The summed E-state index contributed by atoms with van der Waals surface area (Å²) in [7, 11) is 0. The highest BCUT2D eigenvalue weighted by Gasteiger charge is 2.12. The summed E-state index contributed by atoms with van der Waals surface area (Å²) in [6.45, 7) is 5.32. The second-order valence-electron chi connectivity index (χ2n) is 6.35. The Hall–Kier alpha value is -3.13. The highest BCUT2D eigenvalue weighted by molar-refractivity contribution is 6.33. The summed E-state index contributed by atoms with van der Waals surface area (Å²) < 4.78 is 6.73. The van der Waals surface area contributed by atoms with Crippen LogP contribution >= 0.6 is 11.6 Å². The number of anilines is 2. The summed E-state index contributed by atoms with van der Waals surface area (Å²) in [4.78, 5) is 32.1. The van der Waals surface area contributed by atoms with Gasteiger partial charge in [0.2, 0.25) is 11.7 Å². The molecule has 2 heterocycles. The zero-order valence-corrected chi connectivity index (χ0v) is 16.4. The summed E-state index contributed by atoms with van der Waals surface area (Å²) in [6, 6.07) is 5.20. The number of ether oxygens (including phenoxy) is 1. The van der Waals surface area contributed by atoms with Gasteiger partial charge in [0, 0.05) is 30.1 Å². The van der Waals surface area contributed by atoms with Crippen LogP contribution in [0.15, 0.2) is 36.8 Å². The van der Waals surface area contributed by atoms with Crippen molar-refractivity contribution in [1.29, 1.82) is 0 Å². The molecule has 0 aliphatic carbocycles. The van der Waals surface area contributed by atoms with Gasteiger partial charge in [-0.3, -0.25) is 14.5 Å². The molecule has 0 bridgehead atoms. The van der Waals surface area contributed by atoms with Crippen LogP contribution in [0, 0.1) is 0 Å². The molecule has 1 aromatic carbocycles. The van der Waals surface area contributed by atoms with Crippen molar-refractivity contribution in [2.24, 2.45) is 0 Å². The molecule has 0 radical (unpaired) electrons. The first-order valence-electron chi connectivity index (χ1n) is 8.78. The van der Waals surface area contributed by atoms with E-state index in [1.54, 1.807) is 55.8 Å². The molecule has 28 heavy (non-hydrogen) atoms. The van der Waals surface area contributed by atoms with Gasteiger partial charge in [0.15, 0.2) is 0 Å². The Morgan fingerprint density at radius 2 is 2.00 bits per heavy atom. The third kappa shape index (κ3) is 4.58. The van der Waals surface area contributed by atoms with E-state index in [-0.39, 0.29) is 12.0 Å². The lowest BCUT2D eigenvalue weighted by atomic mass is 10.1. The maximum absolute atomic E-state index is 11.7. The molecule has 2 amide bonds. The number of benzene rings is 1. The molecule has 0 saturated heterocycles. The Morgan fingerprint density at radius 3 is 2.71 bits per heavy atom. The van der Waals surface area contributed by atoms with Gasteiger partial charge in [-0.15, -0.1) is 0 Å². The topological polar surface area (TPSA) is 97.6 Å². The third-order valence-electron chi connectivity index (χ3n) is 3.75. The minimum atomic E-state index is -0.557. The molecular formula is C19H20ClN5O3. The van der Waals surface area contributed by atoms with Crippen molar-refractivity contribution in [3.8, 4) is 11.3 Å². The van der Waals surface area contributed by atoms with Crippen LogP contribution in [0.1, 0.15) is 27.2 Å². The van der Waals surface area contributed by atoms with Gasteiger partial charge in [-0.2, -0.15) is 0 Å². The molecule has 3 rings (SSSR count). The molecule has 0 atom stereocenters. The number of aromatic nitrogens is 3. The van der Waals surface area contributed by atoms with E-state index in [1.165, 1.54) is 6.20 Å². The highest BCUT2D eigenvalue weighted by atomic mass is 35.5. The molecule has 0 unspecified atom stereocenters. The fourth-order valence-corrected chi connectivity index (χ4v) is 2.70. The van der Waals surface area contributed by atoms with E-state index >= 15 is 0 Å². The zero-order chi connectivity index (χ0) is 20.3. The van der Waals surface area contributed by atoms with Crippen LogP contribution in [0.2, 0.25) is 5.02 Å². The van der Waals surface area contributed by atoms with Crippen LogP contribution in [0.4, 0.5) is 16.2 Å². The van der Waals surface area contributed by atoms with Crippen LogP contribution in [0.5, 0.6) is 0 Å². The summed E-state index contributed by atoms with van der Waals surface area (Å²) >= 11 is 6.32. The molecule has 2 aromatic heterocycles. The molecule has 0 spiro atoms. The summed E-state index contributed by atoms with van der Waals surface area (Å²) in [6.07, 6.45) is 4.52. The van der Waals surface area contributed by atoms with Crippen LogP contribution in [0.25, 0.3) is 17.0 Å². The van der Waals surface area contributed by atoms with Gasteiger partial charge in [-0.1, -0.05) is 18.5 Å². The number of nitrogens with one attached hydrogen (secondary N) is 2. The van der Waals surface area contributed by atoms with E-state index in [2.05, 4.69) is 20.6 Å². The van der Waals surface area contributed by atoms with Gasteiger partial charge < -0.3 is 10.1 Å². The summed E-state index contributed by atoms with van der Waals surface area (Å²) in [5.74, 6) is 0.353. The lowest BCUT2D eigenvalue weighted by molar-refractivity contribution is -0.115. The number of carbonyl (C=O) groups excluding carboxylic acids is 2. The number of imidazole rings is 1. The standard InChI is InChI=1S/C19H20ClN5O3/c1-4-17(26)22-12-5-6-15(20)14(7-12)16-10-25-9-13(8-21-18(25)24-16)23-19(27)28-11(2)3/h5-11H,4H2,1-3H3,(H,22,26)(H,23,27). The maximum Gasteiger partial charge on any atom is 0.411 e. The average molecular weight is 402 g/mol. The van der Waals surface area contributed by atoms with Crippen LogP contribution in [-0.2, 0) is 9.53 Å². The lowest BCUT2D eigenvalue weighted by Gasteiger charge is -2.09. The monoisotopic (exact) mass is 401 g/mol. The number of rotatable bonds is 5. The average Bonchev–Trinajstić information content (AvgIpc) is 3.05. The molecule has 9 heteroatoms. The Bertz CT molecular complexity index is 1030. The Morgan fingerprint density at radius 1 is 1.21 bits per heavy atom. The van der Waals surface area contributed by atoms with E-state index in [4.69, 9.17) is 16.3 Å². The smallest absolute Gasteiger partial charge is 0.411 e. The second-order valence-corrected chi connectivity index (χ2v) is 6.76. The molecule has 0 aliphatic rings. The van der Waals surface area contributed by atoms with E-state index < -0.39 is 6.09 Å². The number of hydrogen-bond acceptors (Lipinski definition) is 5. The van der Waals surface area contributed by atoms with Crippen molar-refractivity contribution in [3.05, 3.63) is 41.8 Å². The molecule has 0 aliphatic heterocycles. The number of hydrogen-bond donors (Lipinski definition) is 2. The molecule has 8 nitrogen and oxygen atoms in total. The van der Waals surface area contributed by atoms with Crippen molar-refractivity contribution in [1.82, 2.24) is 14.4 Å². The van der Waals surface area contributed by atoms with Gasteiger partial charge in [-0.25, -0.2) is 14.8 Å². The molecular weight excluding hydrogens is 382 g/mol. The Kier molecular flexibility index (Phi) is 5.79. The van der Waals surface area contributed by atoms with Gasteiger partial charge in [0.1, 0.15) is 0 Å². The normalized spacial score (nSPS) is 10.9. The van der Waals surface area contributed by atoms with Crippen LogP contribution in [-0.4, -0.2) is 32.5 Å². The predicted octanol–water partition coefficient (Wildman–Crippen LogP) is 4.36. The van der Waals surface area contributed by atoms with Gasteiger partial charge in [0.05, 0.1) is 28.7 Å². The van der Waals surface area contributed by atoms with Crippen molar-refractivity contribution in [3.63, 3.8) is 0 Å². The number of carbonyl (C=O) groups is 2. The van der Waals surface area contributed by atoms with Gasteiger partial charge >= 0.3 is 6.09 Å². The molecule has 0 fully saturated rings. The SMILES string of the molecule is CCC(=O)Nc1ccc(Cl)c(-c2cn3cc(NC(=O)OC(C)C)cnc3n2)c1. The lowest BCUT2D eigenvalue weighted by Crippen LogP contribution is -2.18. The molecule has 0 saturated carbocycles. The van der Waals surface area contributed by atoms with E-state index in [0.717, 1.165) is 0 Å². The van der Waals surface area contributed by atoms with Crippen molar-refractivity contribution in [2.75, 3.05) is 10.6 Å². The Balaban J connectivity index is 1.89. The minimum Gasteiger partial charge on any atom is -0.447 e. The molecule has 3 aromatic rings. The highest BCUT2D eigenvalue weighted by Crippen LogP contribution is 2.30. The summed E-state index contributed by atoms with van der Waals surface area (Å²) in [5, 5.41) is 5.91. The van der Waals surface area contributed by atoms with Gasteiger partial charge in [-0.05, 0) is 32.0 Å². The second kappa shape index (κ2) is 8.26. The van der Waals surface area contributed by atoms with Gasteiger partial charge in [0.25, 0.3) is 0 Å². The first-order chi connectivity index (χ1) is 13.4. The fourth-order valence-electron chi connectivity index (χ4n) is 2.49. The minimum absolute atomic E-state index is 0.0889. The van der Waals surface area contributed by atoms with Crippen molar-refractivity contribution >= 4 is 40.8 Å². The van der Waals surface area contributed by atoms with E-state index in [1.807, 2.05) is 0 Å². The van der Waals surface area contributed by atoms with E-state index in [9.17, 15) is 9.59 Å². The largest absolute Gasteiger partial charge is 0.447 e. The number of fused-ring (bicyclic) bond motifs is 1. The third-order valence-corrected chi connectivity index (χ3v) is 4.08. The molecule has 2 N–H and O–H groups in total. The summed E-state index contributed by atoms with van der Waals surface area (Å²) in [5.41, 5.74) is 2.36. The van der Waals surface area contributed by atoms with Crippen LogP contribution in [0.3, 0.4) is 0 Å². The first kappa shape index (κ1) is 19.6. The maximum atomic E-state index is 11.7. The van der Waals surface area contributed by atoms with Crippen LogP contribution < -0.4 is 10.6 Å². The number of nitrogens with zero attached hydrogens (tertiary/aromatic N) is 3.